The second-order valence-electron chi connectivity index (χ2n) is 6.51. The molecular weight excluding hydrogens is 280 g/mol. The molecule has 2 unspecified atom stereocenters. The van der Waals surface area contributed by atoms with Crippen LogP contribution in [0.1, 0.15) is 57.0 Å². The van der Waals surface area contributed by atoms with E-state index < -0.39 is 0 Å². The molecule has 22 heavy (non-hydrogen) atoms. The first-order valence-electron chi connectivity index (χ1n) is 8.14. The summed E-state index contributed by atoms with van der Waals surface area (Å²) in [5.41, 5.74) is 0. The maximum Gasteiger partial charge on any atom is 0.290 e. The van der Waals surface area contributed by atoms with Crippen LogP contribution in [-0.4, -0.2) is 35.3 Å². The molecule has 2 atom stereocenters. The number of carbonyl (C=O) groups excluding carboxylic acids is 2. The van der Waals surface area contributed by atoms with E-state index in [-0.39, 0.29) is 23.9 Å². The van der Waals surface area contributed by atoms with Crippen molar-refractivity contribution < 1.29 is 14.0 Å². The van der Waals surface area contributed by atoms with Crippen molar-refractivity contribution in [3.8, 4) is 0 Å². The maximum absolute atomic E-state index is 12.4. The van der Waals surface area contributed by atoms with Gasteiger partial charge in [0.1, 0.15) is 6.04 Å². The van der Waals surface area contributed by atoms with E-state index in [2.05, 4.69) is 19.2 Å². The summed E-state index contributed by atoms with van der Waals surface area (Å²) in [6.07, 6.45) is 5.09. The first kappa shape index (κ1) is 16.6. The first-order chi connectivity index (χ1) is 10.5. The molecule has 1 aromatic rings. The molecule has 1 N–H and O–H groups in total. The Labute approximate surface area is 132 Å². The molecule has 1 aromatic heterocycles. The van der Waals surface area contributed by atoms with Gasteiger partial charge < -0.3 is 14.6 Å². The van der Waals surface area contributed by atoms with Crippen molar-refractivity contribution in [3.05, 3.63) is 24.2 Å². The van der Waals surface area contributed by atoms with Crippen LogP contribution in [0.3, 0.4) is 0 Å². The second-order valence-corrected chi connectivity index (χ2v) is 6.51. The summed E-state index contributed by atoms with van der Waals surface area (Å²) in [5.74, 6) is 0.682. The van der Waals surface area contributed by atoms with Gasteiger partial charge in [0.2, 0.25) is 5.91 Å². The maximum atomic E-state index is 12.4. The largest absolute Gasteiger partial charge is 0.459 e. The van der Waals surface area contributed by atoms with E-state index >= 15 is 0 Å². The van der Waals surface area contributed by atoms with E-state index in [0.717, 1.165) is 25.7 Å². The predicted octanol–water partition coefficient (Wildman–Crippen LogP) is 2.83. The Balaban J connectivity index is 1.92. The van der Waals surface area contributed by atoms with Gasteiger partial charge in [-0.3, -0.25) is 9.59 Å². The molecule has 122 valence electrons. The van der Waals surface area contributed by atoms with Gasteiger partial charge in [-0.05, 0) is 50.7 Å². The fourth-order valence-electron chi connectivity index (χ4n) is 2.82. The first-order valence-corrected chi connectivity index (χ1v) is 8.14. The fourth-order valence-corrected chi connectivity index (χ4v) is 2.82. The van der Waals surface area contributed by atoms with Crippen LogP contribution in [0.15, 0.2) is 22.8 Å². The van der Waals surface area contributed by atoms with Crippen LogP contribution in [0.5, 0.6) is 0 Å². The Hall–Kier alpha value is -1.78. The highest BCUT2D eigenvalue weighted by atomic mass is 16.3. The zero-order valence-electron chi connectivity index (χ0n) is 13.7. The molecular formula is C17H26N2O3. The highest BCUT2D eigenvalue weighted by Crippen LogP contribution is 2.21. The lowest BCUT2D eigenvalue weighted by molar-refractivity contribution is -0.125. The summed E-state index contributed by atoms with van der Waals surface area (Å²) < 4.78 is 5.16. The summed E-state index contributed by atoms with van der Waals surface area (Å²) in [7, 11) is 0. The van der Waals surface area contributed by atoms with E-state index in [9.17, 15) is 9.59 Å². The third kappa shape index (κ3) is 4.12. The predicted molar refractivity (Wildman–Crippen MR) is 84.4 cm³/mol. The van der Waals surface area contributed by atoms with Crippen molar-refractivity contribution in [1.29, 1.82) is 0 Å². The summed E-state index contributed by atoms with van der Waals surface area (Å²) in [6, 6.07) is 3.09. The summed E-state index contributed by atoms with van der Waals surface area (Å²) >= 11 is 0. The minimum Gasteiger partial charge on any atom is -0.459 e. The van der Waals surface area contributed by atoms with Gasteiger partial charge in [-0.2, -0.15) is 0 Å². The van der Waals surface area contributed by atoms with E-state index in [0.29, 0.717) is 18.2 Å². The van der Waals surface area contributed by atoms with Gasteiger partial charge in [-0.15, -0.1) is 0 Å². The molecule has 1 aliphatic heterocycles. The zero-order valence-corrected chi connectivity index (χ0v) is 13.7. The number of amides is 2. The second kappa shape index (κ2) is 7.47. The van der Waals surface area contributed by atoms with Crippen LogP contribution in [0.2, 0.25) is 0 Å². The molecule has 0 aromatic carbocycles. The Morgan fingerprint density at radius 2 is 2.14 bits per heavy atom. The molecule has 0 aliphatic carbocycles. The number of hydrogen-bond acceptors (Lipinski definition) is 3. The van der Waals surface area contributed by atoms with Crippen molar-refractivity contribution in [2.24, 2.45) is 5.92 Å². The van der Waals surface area contributed by atoms with Gasteiger partial charge in [0.15, 0.2) is 5.76 Å². The average molecular weight is 306 g/mol. The highest BCUT2D eigenvalue weighted by molar-refractivity contribution is 5.96. The molecule has 2 heterocycles. The quantitative estimate of drug-likeness (QED) is 0.879. The van der Waals surface area contributed by atoms with Crippen LogP contribution in [0.25, 0.3) is 0 Å². The van der Waals surface area contributed by atoms with Crippen LogP contribution in [-0.2, 0) is 4.79 Å². The Bertz CT molecular complexity index is 496. The number of furan rings is 1. The molecule has 1 aliphatic rings. The van der Waals surface area contributed by atoms with E-state index in [4.69, 9.17) is 4.42 Å². The van der Waals surface area contributed by atoms with E-state index in [1.54, 1.807) is 17.0 Å². The average Bonchev–Trinajstić information content (AvgIpc) is 3.15. The van der Waals surface area contributed by atoms with Gasteiger partial charge in [0.05, 0.1) is 6.26 Å². The van der Waals surface area contributed by atoms with Gasteiger partial charge >= 0.3 is 0 Å². The molecule has 0 radical (unpaired) electrons. The standard InChI is InChI=1S/C17H26N2O3/c1-12(2)8-9-13(3)18-16(20)14-6-4-10-19(14)17(21)15-7-5-11-22-15/h5,7,11-14H,4,6,8-10H2,1-3H3,(H,18,20). The Morgan fingerprint density at radius 1 is 1.36 bits per heavy atom. The molecule has 0 saturated carbocycles. The van der Waals surface area contributed by atoms with Crippen molar-refractivity contribution in [3.63, 3.8) is 0 Å². The van der Waals surface area contributed by atoms with Crippen LogP contribution < -0.4 is 5.32 Å². The van der Waals surface area contributed by atoms with Gasteiger partial charge in [-0.25, -0.2) is 0 Å². The SMILES string of the molecule is CC(C)CCC(C)NC(=O)C1CCCN1C(=O)c1ccco1. The topological polar surface area (TPSA) is 62.6 Å². The Kier molecular flexibility index (Phi) is 5.63. The number of carbonyl (C=O) groups is 2. The zero-order chi connectivity index (χ0) is 16.1. The summed E-state index contributed by atoms with van der Waals surface area (Å²) in [5, 5.41) is 3.04. The fraction of sp³-hybridized carbons (Fsp3) is 0.647. The number of hydrogen-bond donors (Lipinski definition) is 1. The smallest absolute Gasteiger partial charge is 0.290 e. The van der Waals surface area contributed by atoms with Crippen molar-refractivity contribution in [1.82, 2.24) is 10.2 Å². The van der Waals surface area contributed by atoms with Crippen molar-refractivity contribution in [2.45, 2.75) is 58.5 Å². The van der Waals surface area contributed by atoms with Crippen molar-refractivity contribution in [2.75, 3.05) is 6.54 Å². The molecule has 2 rings (SSSR count). The molecule has 0 spiro atoms. The van der Waals surface area contributed by atoms with E-state index in [1.807, 2.05) is 6.92 Å². The molecule has 5 nitrogen and oxygen atoms in total. The Morgan fingerprint density at radius 3 is 2.77 bits per heavy atom. The van der Waals surface area contributed by atoms with Crippen LogP contribution in [0, 0.1) is 5.92 Å². The third-order valence-corrected chi connectivity index (χ3v) is 4.11. The van der Waals surface area contributed by atoms with Crippen LogP contribution >= 0.6 is 0 Å². The third-order valence-electron chi connectivity index (χ3n) is 4.11. The van der Waals surface area contributed by atoms with E-state index in [1.165, 1.54) is 6.26 Å². The molecule has 5 heteroatoms. The number of nitrogens with zero attached hydrogens (tertiary/aromatic N) is 1. The monoisotopic (exact) mass is 306 g/mol. The van der Waals surface area contributed by atoms with Crippen molar-refractivity contribution >= 4 is 11.8 Å². The lowest BCUT2D eigenvalue weighted by atomic mass is 10.0. The van der Waals surface area contributed by atoms with Gasteiger partial charge in [0.25, 0.3) is 5.91 Å². The minimum atomic E-state index is -0.376. The number of likely N-dealkylation sites (tertiary alicyclic amines) is 1. The lowest BCUT2D eigenvalue weighted by Crippen LogP contribution is -2.48. The molecule has 2 amide bonds. The number of rotatable bonds is 6. The highest BCUT2D eigenvalue weighted by Gasteiger charge is 2.35. The van der Waals surface area contributed by atoms with Gasteiger partial charge in [-0.1, -0.05) is 13.8 Å². The van der Waals surface area contributed by atoms with Crippen LogP contribution in [0.4, 0.5) is 0 Å². The summed E-state index contributed by atoms with van der Waals surface area (Å²) in [6.45, 7) is 6.98. The normalized spacial score (nSPS) is 19.5. The van der Waals surface area contributed by atoms with Gasteiger partial charge in [0, 0.05) is 12.6 Å². The molecule has 1 fully saturated rings. The minimum absolute atomic E-state index is 0.0475. The number of nitrogens with one attached hydrogen (secondary N) is 1. The summed E-state index contributed by atoms with van der Waals surface area (Å²) in [4.78, 5) is 26.5. The molecule has 0 bridgehead atoms. The lowest BCUT2D eigenvalue weighted by Gasteiger charge is -2.25. The molecule has 1 saturated heterocycles.